The summed E-state index contributed by atoms with van der Waals surface area (Å²) in [6, 6.07) is 5.54. The van der Waals surface area contributed by atoms with Crippen LogP contribution in [-0.4, -0.2) is 36.6 Å². The van der Waals surface area contributed by atoms with Crippen molar-refractivity contribution in [3.05, 3.63) is 23.0 Å². The summed E-state index contributed by atoms with van der Waals surface area (Å²) < 4.78 is 30.9. The normalized spacial score (nSPS) is 21.8. The van der Waals surface area contributed by atoms with Gasteiger partial charge in [-0.1, -0.05) is 0 Å². The molecule has 1 unspecified atom stereocenters. The zero-order chi connectivity index (χ0) is 13.6. The van der Waals surface area contributed by atoms with Gasteiger partial charge in [-0.15, -0.1) is 0 Å². The average Bonchev–Trinajstić information content (AvgIpc) is 2.87. The maximum absolute atomic E-state index is 11.6. The van der Waals surface area contributed by atoms with E-state index in [-0.39, 0.29) is 17.5 Å². The van der Waals surface area contributed by atoms with Crippen LogP contribution in [0.1, 0.15) is 12.5 Å². The predicted octanol–water partition coefficient (Wildman–Crippen LogP) is 2.07. The lowest BCUT2D eigenvalue weighted by Crippen LogP contribution is -2.11. The van der Waals surface area contributed by atoms with Crippen LogP contribution in [0.4, 0.5) is 0 Å². The highest BCUT2D eigenvalue weighted by Crippen LogP contribution is 2.29. The summed E-state index contributed by atoms with van der Waals surface area (Å²) in [6.07, 6.45) is 0.612. The lowest BCUT2D eigenvalue weighted by atomic mass is 10.2. The standard InChI is InChI=1S/C12H14N2O3S2/c1-17-9-2-3-10-11(6-9)14(12(18)13-10)8-4-5-19(15,16)7-8/h2-3,6,8H,4-5,7H2,1H3,(H,13,18). The molecule has 1 fully saturated rings. The molecule has 1 aromatic heterocycles. The molecular weight excluding hydrogens is 284 g/mol. The van der Waals surface area contributed by atoms with Crippen molar-refractivity contribution in [2.75, 3.05) is 18.6 Å². The third-order valence-corrected chi connectivity index (χ3v) is 5.55. The van der Waals surface area contributed by atoms with E-state index < -0.39 is 9.84 Å². The van der Waals surface area contributed by atoms with Crippen LogP contribution in [-0.2, 0) is 9.84 Å². The Hall–Kier alpha value is -1.34. The predicted molar refractivity (Wildman–Crippen MR) is 76.0 cm³/mol. The zero-order valence-electron chi connectivity index (χ0n) is 10.4. The number of aromatic amines is 1. The van der Waals surface area contributed by atoms with Gasteiger partial charge in [0.25, 0.3) is 0 Å². The number of sulfone groups is 1. The Kier molecular flexibility index (Phi) is 2.90. The maximum atomic E-state index is 11.6. The fraction of sp³-hybridized carbons (Fsp3) is 0.417. The van der Waals surface area contributed by atoms with Crippen LogP contribution in [0.15, 0.2) is 18.2 Å². The molecule has 1 N–H and O–H groups in total. The van der Waals surface area contributed by atoms with Crippen LogP contribution in [0, 0.1) is 4.77 Å². The van der Waals surface area contributed by atoms with Crippen molar-refractivity contribution in [1.29, 1.82) is 0 Å². The van der Waals surface area contributed by atoms with E-state index in [1.807, 2.05) is 22.8 Å². The molecule has 19 heavy (non-hydrogen) atoms. The van der Waals surface area contributed by atoms with E-state index in [0.29, 0.717) is 11.2 Å². The Labute approximate surface area is 116 Å². The van der Waals surface area contributed by atoms with Crippen molar-refractivity contribution in [3.63, 3.8) is 0 Å². The lowest BCUT2D eigenvalue weighted by molar-refractivity contribution is 0.415. The number of imidazole rings is 1. The van der Waals surface area contributed by atoms with Crippen LogP contribution in [0.2, 0.25) is 0 Å². The molecule has 0 aliphatic carbocycles. The molecule has 102 valence electrons. The minimum Gasteiger partial charge on any atom is -0.497 e. The highest BCUT2D eigenvalue weighted by Gasteiger charge is 2.30. The molecule has 2 heterocycles. The number of hydrogen-bond acceptors (Lipinski definition) is 4. The van der Waals surface area contributed by atoms with Crippen LogP contribution >= 0.6 is 12.2 Å². The van der Waals surface area contributed by atoms with Crippen LogP contribution in [0.5, 0.6) is 5.75 Å². The fourth-order valence-electron chi connectivity index (χ4n) is 2.57. The minimum atomic E-state index is -2.93. The SMILES string of the molecule is COc1ccc2[nH]c(=S)n(C3CCS(=O)(=O)C3)c2c1. The van der Waals surface area contributed by atoms with E-state index in [1.165, 1.54) is 0 Å². The Morgan fingerprint density at radius 1 is 1.47 bits per heavy atom. The molecule has 1 aromatic carbocycles. The van der Waals surface area contributed by atoms with Crippen molar-refractivity contribution in [1.82, 2.24) is 9.55 Å². The van der Waals surface area contributed by atoms with E-state index in [9.17, 15) is 8.42 Å². The quantitative estimate of drug-likeness (QED) is 0.862. The second kappa shape index (κ2) is 4.35. The first-order valence-corrected chi connectivity index (χ1v) is 8.22. The van der Waals surface area contributed by atoms with Gasteiger partial charge in [0, 0.05) is 6.07 Å². The molecule has 3 rings (SSSR count). The summed E-state index contributed by atoms with van der Waals surface area (Å²) >= 11 is 5.32. The first-order chi connectivity index (χ1) is 9.00. The molecule has 0 bridgehead atoms. The van der Waals surface area contributed by atoms with Crippen LogP contribution in [0.3, 0.4) is 0 Å². The van der Waals surface area contributed by atoms with Gasteiger partial charge >= 0.3 is 0 Å². The van der Waals surface area contributed by atoms with Gasteiger partial charge in [-0.05, 0) is 30.8 Å². The summed E-state index contributed by atoms with van der Waals surface area (Å²) in [5.74, 6) is 1.12. The van der Waals surface area contributed by atoms with Crippen LogP contribution in [0.25, 0.3) is 11.0 Å². The maximum Gasteiger partial charge on any atom is 0.178 e. The average molecular weight is 298 g/mol. The van der Waals surface area contributed by atoms with E-state index in [2.05, 4.69) is 4.98 Å². The Balaban J connectivity index is 2.17. The largest absolute Gasteiger partial charge is 0.497 e. The third-order valence-electron chi connectivity index (χ3n) is 3.50. The summed E-state index contributed by atoms with van der Waals surface area (Å²) in [6.45, 7) is 0. The third kappa shape index (κ3) is 2.17. The van der Waals surface area contributed by atoms with E-state index in [1.54, 1.807) is 7.11 Å². The van der Waals surface area contributed by atoms with E-state index >= 15 is 0 Å². The van der Waals surface area contributed by atoms with Crippen molar-refractivity contribution < 1.29 is 13.2 Å². The summed E-state index contributed by atoms with van der Waals surface area (Å²) in [7, 11) is -1.33. The molecular formula is C12H14N2O3S2. The van der Waals surface area contributed by atoms with E-state index in [4.69, 9.17) is 17.0 Å². The number of hydrogen-bond donors (Lipinski definition) is 1. The van der Waals surface area contributed by atoms with Gasteiger partial charge in [-0.3, -0.25) is 0 Å². The Bertz CT molecular complexity index is 789. The molecule has 1 atom stereocenters. The number of rotatable bonds is 2. The van der Waals surface area contributed by atoms with Crippen molar-refractivity contribution in [3.8, 4) is 5.75 Å². The van der Waals surface area contributed by atoms with E-state index in [0.717, 1.165) is 16.8 Å². The number of methoxy groups -OCH3 is 1. The first kappa shape index (κ1) is 12.7. The van der Waals surface area contributed by atoms with Gasteiger partial charge in [0.1, 0.15) is 5.75 Å². The fourth-order valence-corrected chi connectivity index (χ4v) is 4.63. The Morgan fingerprint density at radius 2 is 2.26 bits per heavy atom. The first-order valence-electron chi connectivity index (χ1n) is 5.99. The number of aromatic nitrogens is 2. The molecule has 5 nitrogen and oxygen atoms in total. The molecule has 2 aromatic rings. The molecule has 0 spiro atoms. The summed E-state index contributed by atoms with van der Waals surface area (Å²) in [5.41, 5.74) is 1.79. The van der Waals surface area contributed by atoms with Gasteiger partial charge in [0.15, 0.2) is 14.6 Å². The topological polar surface area (TPSA) is 64.1 Å². The van der Waals surface area contributed by atoms with Crippen molar-refractivity contribution >= 4 is 33.1 Å². The van der Waals surface area contributed by atoms with Crippen molar-refractivity contribution in [2.45, 2.75) is 12.5 Å². The number of nitrogens with zero attached hydrogens (tertiary/aromatic N) is 1. The summed E-state index contributed by atoms with van der Waals surface area (Å²) in [5, 5.41) is 0. The zero-order valence-corrected chi connectivity index (χ0v) is 12.1. The molecule has 1 aliphatic heterocycles. The highest BCUT2D eigenvalue weighted by molar-refractivity contribution is 7.91. The number of fused-ring (bicyclic) bond motifs is 1. The molecule has 0 amide bonds. The smallest absolute Gasteiger partial charge is 0.178 e. The van der Waals surface area contributed by atoms with Crippen LogP contribution < -0.4 is 4.74 Å². The molecule has 1 aliphatic rings. The second-order valence-corrected chi connectivity index (χ2v) is 7.36. The van der Waals surface area contributed by atoms with Gasteiger partial charge in [-0.25, -0.2) is 8.42 Å². The van der Waals surface area contributed by atoms with Gasteiger partial charge < -0.3 is 14.3 Å². The lowest BCUT2D eigenvalue weighted by Gasteiger charge is -2.11. The van der Waals surface area contributed by atoms with Gasteiger partial charge in [-0.2, -0.15) is 0 Å². The van der Waals surface area contributed by atoms with Gasteiger partial charge in [0.05, 0.1) is 35.7 Å². The second-order valence-electron chi connectivity index (χ2n) is 4.74. The number of nitrogens with one attached hydrogen (secondary N) is 1. The molecule has 0 radical (unpaired) electrons. The molecule has 1 saturated heterocycles. The number of ether oxygens (including phenoxy) is 1. The monoisotopic (exact) mass is 298 g/mol. The molecule has 7 heteroatoms. The highest BCUT2D eigenvalue weighted by atomic mass is 32.2. The Morgan fingerprint density at radius 3 is 2.89 bits per heavy atom. The van der Waals surface area contributed by atoms with Gasteiger partial charge in [0.2, 0.25) is 0 Å². The minimum absolute atomic E-state index is 0.0849. The summed E-state index contributed by atoms with van der Waals surface area (Å²) in [4.78, 5) is 3.11. The molecule has 0 saturated carbocycles. The number of H-pyrrole nitrogens is 1. The number of benzene rings is 1. The van der Waals surface area contributed by atoms with Crippen molar-refractivity contribution in [2.24, 2.45) is 0 Å².